The molecule has 1 saturated heterocycles. The Kier molecular flexibility index (Phi) is 14.3. The number of aliphatic carboxylic acids is 1. The van der Waals surface area contributed by atoms with Crippen LogP contribution in [0.25, 0.3) is 0 Å². The Morgan fingerprint density at radius 1 is 1.10 bits per heavy atom. The number of halogens is 1. The number of sulfonamides is 1. The number of anilines is 1. The van der Waals surface area contributed by atoms with E-state index in [2.05, 4.69) is 32.2 Å². The number of carboxylic acid groups (broad SMARTS) is 1. The summed E-state index contributed by atoms with van der Waals surface area (Å²) in [5.41, 5.74) is 3.74. The summed E-state index contributed by atoms with van der Waals surface area (Å²) in [5.74, 6) is -1.01. The standard InChI is InChI=1S/C36H44ClN5O7S3/c1-3-49-36(46)29(39-23(2)34(43)42-17-7-10-30(42)35(44)45)22-50-21-26-13-11-25(12-14-26)20-38-52(47,48)32-19-31-28(18-27(32)37)40-33(41-51-31)16-15-24-8-5-4-6-9-24/h4-6,8-9,11-14,18-19,23,29-30,33,38-41H,3,7,10,15-17,20-22H2,1-2H3,(H,44,45)/t23-,29?,30-,33?/m0/s1. The lowest BCUT2D eigenvalue weighted by Crippen LogP contribution is -2.54. The van der Waals surface area contributed by atoms with Gasteiger partial charge in [-0.05, 0) is 80.3 Å². The van der Waals surface area contributed by atoms with Gasteiger partial charge in [-0.25, -0.2) is 22.7 Å². The predicted molar refractivity (Wildman–Crippen MR) is 205 cm³/mol. The smallest absolute Gasteiger partial charge is 0.326 e. The third-order valence-corrected chi connectivity index (χ3v) is 12.7. The average Bonchev–Trinajstić information content (AvgIpc) is 3.64. The molecule has 5 N–H and O–H groups in total. The van der Waals surface area contributed by atoms with Crippen molar-refractivity contribution in [2.24, 2.45) is 0 Å². The quantitative estimate of drug-likeness (QED) is 0.0918. The van der Waals surface area contributed by atoms with Crippen LogP contribution in [-0.2, 0) is 47.9 Å². The fourth-order valence-corrected chi connectivity index (χ4v) is 9.53. The van der Waals surface area contributed by atoms with Crippen molar-refractivity contribution in [2.75, 3.05) is 24.2 Å². The lowest BCUT2D eigenvalue weighted by molar-refractivity contribution is -0.150. The molecule has 5 rings (SSSR count). The van der Waals surface area contributed by atoms with E-state index in [0.29, 0.717) is 30.9 Å². The molecule has 0 spiro atoms. The van der Waals surface area contributed by atoms with Gasteiger partial charge in [0.25, 0.3) is 0 Å². The number of likely N-dealkylation sites (tertiary alicyclic amines) is 1. The van der Waals surface area contributed by atoms with E-state index in [0.717, 1.165) is 34.6 Å². The van der Waals surface area contributed by atoms with E-state index in [4.69, 9.17) is 16.3 Å². The van der Waals surface area contributed by atoms with Gasteiger partial charge >= 0.3 is 11.9 Å². The molecule has 3 aromatic carbocycles. The van der Waals surface area contributed by atoms with Gasteiger partial charge in [0.1, 0.15) is 17.0 Å². The monoisotopic (exact) mass is 789 g/mol. The number of nitrogens with one attached hydrogen (secondary N) is 4. The highest BCUT2D eigenvalue weighted by Gasteiger charge is 2.37. The first kappa shape index (κ1) is 39.9. The molecule has 0 aromatic heterocycles. The molecule has 0 bridgehead atoms. The van der Waals surface area contributed by atoms with Crippen molar-refractivity contribution in [1.29, 1.82) is 0 Å². The van der Waals surface area contributed by atoms with Gasteiger partial charge in [0.15, 0.2) is 0 Å². The average molecular weight is 790 g/mol. The number of ether oxygens (including phenoxy) is 1. The Morgan fingerprint density at radius 2 is 1.83 bits per heavy atom. The van der Waals surface area contributed by atoms with Gasteiger partial charge in [-0.1, -0.05) is 66.2 Å². The highest BCUT2D eigenvalue weighted by atomic mass is 35.5. The molecule has 1 amide bonds. The summed E-state index contributed by atoms with van der Waals surface area (Å²) in [6.07, 6.45) is 2.76. The predicted octanol–water partition coefficient (Wildman–Crippen LogP) is 5.02. The summed E-state index contributed by atoms with van der Waals surface area (Å²) in [6, 6.07) is 18.5. The van der Waals surface area contributed by atoms with E-state index >= 15 is 0 Å². The molecule has 4 atom stereocenters. The van der Waals surface area contributed by atoms with E-state index < -0.39 is 40.1 Å². The Hall–Kier alpha value is -3.31. The molecule has 2 heterocycles. The van der Waals surface area contributed by atoms with Crippen LogP contribution in [0.3, 0.4) is 0 Å². The van der Waals surface area contributed by atoms with Crippen LogP contribution in [0, 0.1) is 0 Å². The number of fused-ring (bicyclic) bond motifs is 1. The number of benzene rings is 3. The van der Waals surface area contributed by atoms with Gasteiger partial charge < -0.3 is 20.1 Å². The molecular formula is C36H44ClN5O7S3. The van der Waals surface area contributed by atoms with Crippen LogP contribution in [0.2, 0.25) is 5.02 Å². The maximum absolute atomic E-state index is 13.3. The summed E-state index contributed by atoms with van der Waals surface area (Å²) < 4.78 is 37.8. The van der Waals surface area contributed by atoms with E-state index in [1.165, 1.54) is 34.2 Å². The first-order chi connectivity index (χ1) is 24.9. The number of thioether (sulfide) groups is 1. The van der Waals surface area contributed by atoms with Gasteiger partial charge in [-0.2, -0.15) is 11.8 Å². The fourth-order valence-electron chi connectivity index (χ4n) is 6.02. The molecule has 0 saturated carbocycles. The molecule has 2 aliphatic heterocycles. The van der Waals surface area contributed by atoms with Crippen molar-refractivity contribution < 1.29 is 32.6 Å². The van der Waals surface area contributed by atoms with Gasteiger partial charge in [0.2, 0.25) is 15.9 Å². The minimum atomic E-state index is -3.92. The zero-order valence-corrected chi connectivity index (χ0v) is 32.2. The van der Waals surface area contributed by atoms with E-state index in [1.54, 1.807) is 26.0 Å². The van der Waals surface area contributed by atoms with E-state index in [1.807, 2.05) is 42.5 Å². The SMILES string of the molecule is CCOC(=O)C(CSCc1ccc(CNS(=O)(=O)c2cc3c(cc2Cl)NC(CCc2ccccc2)NS3)cc1)N[C@@H](C)C(=O)N1CCC[C@H]1C(=O)O. The topological polar surface area (TPSA) is 166 Å². The number of aryl methyl sites for hydroxylation is 1. The molecule has 12 nitrogen and oxygen atoms in total. The molecule has 0 radical (unpaired) electrons. The maximum Gasteiger partial charge on any atom is 0.326 e. The Labute approximate surface area is 318 Å². The number of esters is 1. The highest BCUT2D eigenvalue weighted by Crippen LogP contribution is 2.37. The molecular weight excluding hydrogens is 746 g/mol. The number of nitrogens with zero attached hydrogens (tertiary/aromatic N) is 1. The van der Waals surface area contributed by atoms with Crippen LogP contribution in [0.15, 0.2) is 76.5 Å². The minimum absolute atomic E-state index is 0.000656. The third-order valence-electron chi connectivity index (χ3n) is 8.79. The van der Waals surface area contributed by atoms with Gasteiger partial charge in [-0.15, -0.1) is 0 Å². The van der Waals surface area contributed by atoms with Crippen LogP contribution in [0.4, 0.5) is 5.69 Å². The second-order valence-electron chi connectivity index (χ2n) is 12.6. The molecule has 3 aromatic rings. The van der Waals surface area contributed by atoms with Crippen molar-refractivity contribution in [1.82, 2.24) is 19.7 Å². The van der Waals surface area contributed by atoms with Crippen LogP contribution < -0.4 is 20.1 Å². The lowest BCUT2D eigenvalue weighted by Gasteiger charge is -2.28. The van der Waals surface area contributed by atoms with Crippen LogP contribution in [0.5, 0.6) is 0 Å². The molecule has 0 aliphatic carbocycles. The summed E-state index contributed by atoms with van der Waals surface area (Å²) in [5, 5.41) is 16.1. The number of amides is 1. The fraction of sp³-hybridized carbons (Fsp3) is 0.417. The Morgan fingerprint density at radius 3 is 2.54 bits per heavy atom. The Balaban J connectivity index is 1.11. The number of carbonyl (C=O) groups is 3. The lowest BCUT2D eigenvalue weighted by atomic mass is 10.1. The summed E-state index contributed by atoms with van der Waals surface area (Å²) in [7, 11) is -3.92. The second-order valence-corrected chi connectivity index (χ2v) is 16.6. The zero-order valence-electron chi connectivity index (χ0n) is 29.0. The number of carbonyl (C=O) groups excluding carboxylic acids is 2. The van der Waals surface area contributed by atoms with Gasteiger partial charge in [0.05, 0.1) is 29.5 Å². The van der Waals surface area contributed by atoms with E-state index in [-0.39, 0.29) is 35.1 Å². The molecule has 2 unspecified atom stereocenters. The Bertz CT molecular complexity index is 1820. The number of carboxylic acids is 1. The first-order valence-electron chi connectivity index (χ1n) is 17.1. The number of hydrogen-bond donors (Lipinski definition) is 5. The van der Waals surface area contributed by atoms with E-state index in [9.17, 15) is 27.9 Å². The summed E-state index contributed by atoms with van der Waals surface area (Å²) in [4.78, 5) is 39.4. The van der Waals surface area contributed by atoms with Crippen LogP contribution >= 0.6 is 35.3 Å². The van der Waals surface area contributed by atoms with Crippen LogP contribution in [0.1, 0.15) is 49.8 Å². The summed E-state index contributed by atoms with van der Waals surface area (Å²) >= 11 is 9.35. The van der Waals surface area contributed by atoms with Gasteiger partial charge in [0, 0.05) is 29.5 Å². The zero-order chi connectivity index (χ0) is 37.3. The molecule has 52 heavy (non-hydrogen) atoms. The van der Waals surface area contributed by atoms with Crippen molar-refractivity contribution >= 4 is 68.9 Å². The van der Waals surface area contributed by atoms with Crippen molar-refractivity contribution in [2.45, 2.75) is 85.9 Å². The minimum Gasteiger partial charge on any atom is -0.480 e. The van der Waals surface area contributed by atoms with Crippen LogP contribution in [-0.4, -0.2) is 79.5 Å². The van der Waals surface area contributed by atoms with Crippen molar-refractivity contribution in [3.63, 3.8) is 0 Å². The van der Waals surface area contributed by atoms with Crippen molar-refractivity contribution in [3.05, 3.63) is 88.4 Å². The van der Waals surface area contributed by atoms with Crippen molar-refractivity contribution in [3.8, 4) is 0 Å². The molecule has 16 heteroatoms. The number of rotatable bonds is 17. The van der Waals surface area contributed by atoms with Gasteiger partial charge in [-0.3, -0.25) is 14.9 Å². The maximum atomic E-state index is 13.3. The third kappa shape index (κ3) is 10.6. The molecule has 1 fully saturated rings. The molecule has 280 valence electrons. The largest absolute Gasteiger partial charge is 0.480 e. The second kappa shape index (κ2) is 18.6. The normalized spacial score (nSPS) is 18.2. The molecule has 2 aliphatic rings. The number of hydrogen-bond acceptors (Lipinski definition) is 11. The highest BCUT2D eigenvalue weighted by molar-refractivity contribution is 7.98. The summed E-state index contributed by atoms with van der Waals surface area (Å²) in [6.45, 7) is 3.95. The first-order valence-corrected chi connectivity index (χ1v) is 21.0.